The lowest BCUT2D eigenvalue weighted by atomic mass is 10.0. The van der Waals surface area contributed by atoms with Crippen LogP contribution in [-0.2, 0) is 16.4 Å². The molecule has 0 radical (unpaired) electrons. The molecule has 6 bridgehead atoms. The van der Waals surface area contributed by atoms with Gasteiger partial charge in [0.15, 0.2) is 0 Å². The fourth-order valence-electron chi connectivity index (χ4n) is 4.12. The quantitative estimate of drug-likeness (QED) is 0.321. The molecule has 1 aliphatic rings. The van der Waals surface area contributed by atoms with Gasteiger partial charge in [-0.15, -0.1) is 0 Å². The first-order valence-electron chi connectivity index (χ1n) is 12.6. The van der Waals surface area contributed by atoms with Crippen LogP contribution in [0.25, 0.3) is 11.3 Å². The molecule has 5 rings (SSSR count). The summed E-state index contributed by atoms with van der Waals surface area (Å²) in [6, 6.07) is 20.1. The number of hydrogen-bond donors (Lipinski definition) is 2. The van der Waals surface area contributed by atoms with Crippen molar-refractivity contribution in [1.29, 1.82) is 0 Å². The van der Waals surface area contributed by atoms with Crippen molar-refractivity contribution in [1.82, 2.24) is 9.97 Å². The molecule has 0 saturated carbocycles. The van der Waals surface area contributed by atoms with Crippen molar-refractivity contribution in [3.8, 4) is 28.6 Å². The monoisotopic (exact) mass is 544 g/mol. The number of aromatic nitrogens is 2. The van der Waals surface area contributed by atoms with E-state index in [0.29, 0.717) is 58.5 Å². The molecule has 1 aliphatic heterocycles. The number of rotatable bonds is 5. The van der Waals surface area contributed by atoms with Gasteiger partial charge in [0.2, 0.25) is 11.8 Å². The third kappa shape index (κ3) is 5.70. The number of anilines is 2. The average molecular weight is 545 g/mol. The van der Waals surface area contributed by atoms with Crippen molar-refractivity contribution >= 4 is 27.6 Å². The molecule has 39 heavy (non-hydrogen) atoms. The van der Waals surface area contributed by atoms with Gasteiger partial charge in [0.1, 0.15) is 11.5 Å². The molecule has 1 amide bonds. The number of sulfonamides is 1. The highest BCUT2D eigenvalue weighted by atomic mass is 32.2. The third-order valence-corrected chi connectivity index (χ3v) is 7.30. The summed E-state index contributed by atoms with van der Waals surface area (Å²) in [6.45, 7) is 6.55. The third-order valence-electron chi connectivity index (χ3n) is 5.98. The maximum atomic E-state index is 13.4. The minimum absolute atomic E-state index is 0.0565. The minimum Gasteiger partial charge on any atom is -0.493 e. The second-order valence-electron chi connectivity index (χ2n) is 9.45. The van der Waals surface area contributed by atoms with E-state index in [9.17, 15) is 13.2 Å². The van der Waals surface area contributed by atoms with Crippen LogP contribution in [0.5, 0.6) is 17.4 Å². The van der Waals surface area contributed by atoms with Gasteiger partial charge in [-0.3, -0.25) is 4.79 Å². The Balaban J connectivity index is 1.73. The Morgan fingerprint density at radius 2 is 1.77 bits per heavy atom. The van der Waals surface area contributed by atoms with Crippen molar-refractivity contribution in [3.63, 3.8) is 0 Å². The van der Waals surface area contributed by atoms with E-state index in [1.54, 1.807) is 36.4 Å². The predicted octanol–water partition coefficient (Wildman–Crippen LogP) is 5.90. The first-order chi connectivity index (χ1) is 18.7. The van der Waals surface area contributed by atoms with Crippen molar-refractivity contribution in [3.05, 3.63) is 83.9 Å². The molecule has 1 aromatic heterocycles. The summed E-state index contributed by atoms with van der Waals surface area (Å²) in [5, 5.41) is 2.74. The lowest BCUT2D eigenvalue weighted by Crippen LogP contribution is -2.18. The summed E-state index contributed by atoms with van der Waals surface area (Å²) < 4.78 is 41.5. The van der Waals surface area contributed by atoms with E-state index >= 15 is 0 Å². The van der Waals surface area contributed by atoms with Gasteiger partial charge in [0.05, 0.1) is 17.2 Å². The van der Waals surface area contributed by atoms with Crippen LogP contribution < -0.4 is 19.5 Å². The molecule has 0 atom stereocenters. The van der Waals surface area contributed by atoms with Gasteiger partial charge in [-0.25, -0.2) is 18.1 Å². The van der Waals surface area contributed by atoms with Gasteiger partial charge < -0.3 is 14.8 Å². The minimum atomic E-state index is -4.11. The number of benzene rings is 3. The van der Waals surface area contributed by atoms with Crippen molar-refractivity contribution < 1.29 is 22.7 Å². The molecule has 0 saturated heterocycles. The van der Waals surface area contributed by atoms with Crippen LogP contribution in [0.4, 0.5) is 11.6 Å². The van der Waals surface area contributed by atoms with Gasteiger partial charge in [-0.05, 0) is 60.9 Å². The summed E-state index contributed by atoms with van der Waals surface area (Å²) in [7, 11) is -4.11. The number of carbonyl (C=O) groups is 1. The molecule has 3 aromatic carbocycles. The number of hydrogen-bond acceptors (Lipinski definition) is 7. The number of ether oxygens (including phenoxy) is 2. The predicted molar refractivity (Wildman–Crippen MR) is 149 cm³/mol. The number of fused-ring (bicyclic) bond motifs is 6. The zero-order valence-corrected chi connectivity index (χ0v) is 22.6. The Morgan fingerprint density at radius 3 is 2.56 bits per heavy atom. The van der Waals surface area contributed by atoms with E-state index in [2.05, 4.69) is 33.9 Å². The molecule has 2 N–H and O–H groups in total. The molecular weight excluding hydrogens is 516 g/mol. The average Bonchev–Trinajstić information content (AvgIpc) is 2.91. The molecule has 0 unspecified atom stereocenters. The standard InChI is InChI=1S/C29H28N4O5S/c1-4-23-26(24-13-5-6-14-25(24)37-17-18(2)3)31-29-32-28(23)38-21-11-7-9-19(15-21)27(34)30-20-10-8-12-22(16-20)39(35,36)33-29/h5-16,18H,4,17H2,1-3H3,(H,30,34)(H,31,32,33). The van der Waals surface area contributed by atoms with E-state index < -0.39 is 15.9 Å². The van der Waals surface area contributed by atoms with Crippen molar-refractivity contribution in [2.45, 2.75) is 32.1 Å². The topological polar surface area (TPSA) is 120 Å². The van der Waals surface area contributed by atoms with E-state index in [1.165, 1.54) is 12.1 Å². The van der Waals surface area contributed by atoms with Crippen LogP contribution in [0.15, 0.2) is 77.7 Å². The lowest BCUT2D eigenvalue weighted by molar-refractivity contribution is 0.102. The molecule has 0 aliphatic carbocycles. The highest BCUT2D eigenvalue weighted by Gasteiger charge is 2.24. The first-order valence-corrected chi connectivity index (χ1v) is 14.1. The summed E-state index contributed by atoms with van der Waals surface area (Å²) in [5.41, 5.74) is 2.48. The summed E-state index contributed by atoms with van der Waals surface area (Å²) in [4.78, 5) is 22.0. The highest BCUT2D eigenvalue weighted by Crippen LogP contribution is 2.37. The Kier molecular flexibility index (Phi) is 7.21. The van der Waals surface area contributed by atoms with Crippen molar-refractivity contribution in [2.24, 2.45) is 5.92 Å². The van der Waals surface area contributed by atoms with Gasteiger partial charge in [-0.1, -0.05) is 45.0 Å². The summed E-state index contributed by atoms with van der Waals surface area (Å²) in [6.07, 6.45) is 0.485. The number of nitrogens with zero attached hydrogens (tertiary/aromatic N) is 2. The molecular formula is C29H28N4O5S. The second kappa shape index (κ2) is 10.7. The Hall–Kier alpha value is -4.44. The van der Waals surface area contributed by atoms with Crippen LogP contribution in [0.1, 0.15) is 36.7 Å². The molecule has 0 spiro atoms. The van der Waals surface area contributed by atoms with Gasteiger partial charge >= 0.3 is 0 Å². The molecule has 2 heterocycles. The Labute approximate surface area is 227 Å². The number of carbonyl (C=O) groups excluding carboxylic acids is 1. The second-order valence-corrected chi connectivity index (χ2v) is 11.1. The van der Waals surface area contributed by atoms with E-state index in [4.69, 9.17) is 9.47 Å². The molecule has 200 valence electrons. The molecule has 0 fully saturated rings. The largest absolute Gasteiger partial charge is 0.493 e. The van der Waals surface area contributed by atoms with Gasteiger partial charge in [0.25, 0.3) is 15.9 Å². The maximum absolute atomic E-state index is 13.4. The summed E-state index contributed by atoms with van der Waals surface area (Å²) in [5.74, 6) is 0.886. The normalized spacial score (nSPS) is 14.0. The van der Waals surface area contributed by atoms with Gasteiger partial charge in [0, 0.05) is 22.4 Å². The first kappa shape index (κ1) is 26.2. The smallest absolute Gasteiger partial charge is 0.264 e. The number of para-hydroxylation sites is 1. The fourth-order valence-corrected chi connectivity index (χ4v) is 5.10. The number of nitrogens with one attached hydrogen (secondary N) is 2. The fraction of sp³-hybridized carbons (Fsp3) is 0.207. The Bertz CT molecular complexity index is 1650. The lowest BCUT2D eigenvalue weighted by Gasteiger charge is -2.19. The molecule has 9 nitrogen and oxygen atoms in total. The maximum Gasteiger partial charge on any atom is 0.264 e. The SMILES string of the molecule is CCc1c2nc(nc1-c1ccccc1OCC(C)C)NS(=O)(=O)c1cccc(c1)NC(=O)c1cccc(c1)O2. The van der Waals surface area contributed by atoms with E-state index in [-0.39, 0.29) is 16.7 Å². The van der Waals surface area contributed by atoms with E-state index in [1.807, 2.05) is 31.2 Å². The highest BCUT2D eigenvalue weighted by molar-refractivity contribution is 7.92. The number of amides is 1. The van der Waals surface area contributed by atoms with Gasteiger partial charge in [-0.2, -0.15) is 4.98 Å². The summed E-state index contributed by atoms with van der Waals surface area (Å²) >= 11 is 0. The van der Waals surface area contributed by atoms with Crippen LogP contribution in [0.2, 0.25) is 0 Å². The Morgan fingerprint density at radius 1 is 0.974 bits per heavy atom. The zero-order valence-electron chi connectivity index (χ0n) is 21.8. The zero-order chi connectivity index (χ0) is 27.6. The van der Waals surface area contributed by atoms with Crippen LogP contribution in [-0.4, -0.2) is 30.9 Å². The van der Waals surface area contributed by atoms with Crippen LogP contribution >= 0.6 is 0 Å². The van der Waals surface area contributed by atoms with Crippen LogP contribution in [0.3, 0.4) is 0 Å². The van der Waals surface area contributed by atoms with Crippen LogP contribution in [0, 0.1) is 5.92 Å². The molecule has 10 heteroatoms. The van der Waals surface area contributed by atoms with E-state index in [0.717, 1.165) is 0 Å². The van der Waals surface area contributed by atoms with Crippen molar-refractivity contribution in [2.75, 3.05) is 16.6 Å². The molecule has 4 aromatic rings.